The molecule has 1 aromatic heterocycles. The third kappa shape index (κ3) is 5.34. The molecule has 10 heteroatoms. The van der Waals surface area contributed by atoms with Gasteiger partial charge in [-0.25, -0.2) is 0 Å². The molecule has 4 atom stereocenters. The molecule has 3 saturated heterocycles. The number of fused-ring (bicyclic) bond motifs is 1. The van der Waals surface area contributed by atoms with E-state index in [1.807, 2.05) is 44.4 Å². The number of para-hydroxylation sites is 1. The first-order chi connectivity index (χ1) is 18.2. The summed E-state index contributed by atoms with van der Waals surface area (Å²) in [6.07, 6.45) is 2.49. The summed E-state index contributed by atoms with van der Waals surface area (Å²) >= 11 is 1.69. The van der Waals surface area contributed by atoms with Crippen molar-refractivity contribution >= 4 is 34.5 Å². The molecule has 0 aliphatic carbocycles. The summed E-state index contributed by atoms with van der Waals surface area (Å²) in [7, 11) is 0. The highest BCUT2D eigenvalue weighted by Crippen LogP contribution is 2.33. The van der Waals surface area contributed by atoms with Crippen molar-refractivity contribution in [3.8, 4) is 0 Å². The molecular weight excluding hydrogens is 504 g/mol. The maximum absolute atomic E-state index is 13.6. The lowest BCUT2D eigenvalue weighted by atomic mass is 9.93. The maximum atomic E-state index is 13.6. The third-order valence-corrected chi connectivity index (χ3v) is 9.17. The van der Waals surface area contributed by atoms with E-state index < -0.39 is 6.29 Å². The van der Waals surface area contributed by atoms with Gasteiger partial charge in [0.1, 0.15) is 0 Å². The van der Waals surface area contributed by atoms with Gasteiger partial charge in [-0.3, -0.25) is 9.59 Å². The van der Waals surface area contributed by atoms with E-state index in [1.165, 1.54) is 0 Å². The Bertz CT molecular complexity index is 1170. The fourth-order valence-electron chi connectivity index (χ4n) is 6.05. The number of rotatable bonds is 8. The standard InChI is InChI=1S/C28H40N4O5S/c1-16-10-23(38-5)21(25(33)30-16)11-29-26(34)24-17(2)32(22-9-7-6-8-20(22)24)18(3)27-36-12-19(13-37-27)31-28(4)14-35-15-28/h6-9,16,18-19,21,23,27,31H,10-15H2,1-5H3,(H,29,34)(H,30,33)/t16?,18-,19?,21?,23?,27?/m1/s1. The third-order valence-electron chi connectivity index (χ3n) is 8.05. The lowest BCUT2D eigenvalue weighted by molar-refractivity contribution is -0.214. The monoisotopic (exact) mass is 544 g/mol. The Morgan fingerprint density at radius 3 is 2.63 bits per heavy atom. The van der Waals surface area contributed by atoms with Crippen LogP contribution in [0.3, 0.4) is 0 Å². The van der Waals surface area contributed by atoms with Crippen molar-refractivity contribution < 1.29 is 23.8 Å². The minimum atomic E-state index is -0.431. The van der Waals surface area contributed by atoms with E-state index in [-0.39, 0.29) is 46.6 Å². The van der Waals surface area contributed by atoms with E-state index in [0.717, 1.165) is 23.0 Å². The fourth-order valence-corrected chi connectivity index (χ4v) is 7.08. The Balaban J connectivity index is 1.31. The lowest BCUT2D eigenvalue weighted by Gasteiger charge is -2.43. The number of nitrogens with zero attached hydrogens (tertiary/aromatic N) is 1. The van der Waals surface area contributed by atoms with Gasteiger partial charge in [-0.05, 0) is 46.4 Å². The Kier molecular flexibility index (Phi) is 8.07. The Morgan fingerprint density at radius 1 is 1.26 bits per heavy atom. The number of piperidine rings is 1. The summed E-state index contributed by atoms with van der Waals surface area (Å²) in [6.45, 7) is 11.0. The maximum Gasteiger partial charge on any atom is 0.253 e. The van der Waals surface area contributed by atoms with Gasteiger partial charge in [0.15, 0.2) is 6.29 Å². The summed E-state index contributed by atoms with van der Waals surface area (Å²) in [5, 5.41) is 10.7. The van der Waals surface area contributed by atoms with Crippen LogP contribution in [0.2, 0.25) is 0 Å². The SMILES string of the molecule is CSC1CC(C)NC(=O)C1CNC(=O)c1c(C)n([C@H](C)C2OCC(NC3(C)COC3)CO2)c2ccccc12. The van der Waals surface area contributed by atoms with Gasteiger partial charge in [0.2, 0.25) is 5.91 Å². The molecule has 4 heterocycles. The molecule has 0 radical (unpaired) electrons. The van der Waals surface area contributed by atoms with Crippen LogP contribution < -0.4 is 16.0 Å². The number of hydrogen-bond acceptors (Lipinski definition) is 7. The average molecular weight is 545 g/mol. The van der Waals surface area contributed by atoms with Crippen LogP contribution in [0.4, 0.5) is 0 Å². The summed E-state index contributed by atoms with van der Waals surface area (Å²) in [6, 6.07) is 8.05. The van der Waals surface area contributed by atoms with E-state index in [9.17, 15) is 9.59 Å². The number of ether oxygens (including phenoxy) is 3. The van der Waals surface area contributed by atoms with Gasteiger partial charge >= 0.3 is 0 Å². The second-order valence-corrected chi connectivity index (χ2v) is 12.3. The van der Waals surface area contributed by atoms with Crippen molar-refractivity contribution in [1.29, 1.82) is 0 Å². The van der Waals surface area contributed by atoms with Crippen LogP contribution in [0.15, 0.2) is 24.3 Å². The number of carbonyl (C=O) groups is 2. The molecule has 2 amide bonds. The van der Waals surface area contributed by atoms with Gasteiger partial charge in [0.05, 0.1) is 55.5 Å². The van der Waals surface area contributed by atoms with Crippen molar-refractivity contribution in [1.82, 2.24) is 20.5 Å². The average Bonchev–Trinajstić information content (AvgIpc) is 3.18. The van der Waals surface area contributed by atoms with Crippen molar-refractivity contribution in [2.45, 2.75) is 69.3 Å². The molecular formula is C28H40N4O5S. The zero-order valence-electron chi connectivity index (χ0n) is 22.9. The predicted octanol–water partition coefficient (Wildman–Crippen LogP) is 2.62. The molecule has 0 spiro atoms. The summed E-state index contributed by atoms with van der Waals surface area (Å²) in [4.78, 5) is 26.2. The number of nitrogens with one attached hydrogen (secondary N) is 3. The number of hydrogen-bond donors (Lipinski definition) is 3. The van der Waals surface area contributed by atoms with Crippen LogP contribution in [-0.4, -0.2) is 84.8 Å². The molecule has 208 valence electrons. The number of carbonyl (C=O) groups excluding carboxylic acids is 2. The molecule has 3 unspecified atom stereocenters. The zero-order valence-corrected chi connectivity index (χ0v) is 23.7. The number of benzene rings is 1. The molecule has 2 aromatic rings. The molecule has 5 rings (SSSR count). The first-order valence-electron chi connectivity index (χ1n) is 13.5. The number of aromatic nitrogens is 1. The van der Waals surface area contributed by atoms with Gasteiger partial charge < -0.3 is 34.7 Å². The van der Waals surface area contributed by atoms with Gasteiger partial charge in [-0.1, -0.05) is 18.2 Å². The van der Waals surface area contributed by atoms with Crippen LogP contribution in [0.1, 0.15) is 49.3 Å². The van der Waals surface area contributed by atoms with Crippen molar-refractivity contribution in [3.63, 3.8) is 0 Å². The molecule has 3 fully saturated rings. The van der Waals surface area contributed by atoms with Crippen LogP contribution in [0.25, 0.3) is 10.9 Å². The fraction of sp³-hybridized carbons (Fsp3) is 0.643. The number of thioether (sulfide) groups is 1. The smallest absolute Gasteiger partial charge is 0.253 e. The van der Waals surface area contributed by atoms with Crippen molar-refractivity contribution in [3.05, 3.63) is 35.5 Å². The summed E-state index contributed by atoms with van der Waals surface area (Å²) < 4.78 is 19.8. The molecule has 0 bridgehead atoms. The summed E-state index contributed by atoms with van der Waals surface area (Å²) in [5.74, 6) is -0.409. The molecule has 3 aliphatic heterocycles. The van der Waals surface area contributed by atoms with E-state index in [1.54, 1.807) is 11.8 Å². The first-order valence-corrected chi connectivity index (χ1v) is 14.8. The Labute approximate surface area is 228 Å². The largest absolute Gasteiger partial charge is 0.377 e. The summed E-state index contributed by atoms with van der Waals surface area (Å²) in [5.41, 5.74) is 2.43. The molecule has 9 nitrogen and oxygen atoms in total. The van der Waals surface area contributed by atoms with E-state index in [2.05, 4.69) is 34.4 Å². The Morgan fingerprint density at radius 2 is 1.97 bits per heavy atom. The lowest BCUT2D eigenvalue weighted by Crippen LogP contribution is -2.64. The highest BCUT2D eigenvalue weighted by atomic mass is 32.2. The normalized spacial score (nSPS) is 29.9. The predicted molar refractivity (Wildman–Crippen MR) is 149 cm³/mol. The van der Waals surface area contributed by atoms with Gasteiger partial charge in [0.25, 0.3) is 5.91 Å². The topological polar surface area (TPSA) is 103 Å². The van der Waals surface area contributed by atoms with Crippen LogP contribution in [0.5, 0.6) is 0 Å². The minimum absolute atomic E-state index is 0.00869. The van der Waals surface area contributed by atoms with Crippen molar-refractivity contribution in [2.75, 3.05) is 39.2 Å². The van der Waals surface area contributed by atoms with E-state index in [4.69, 9.17) is 14.2 Å². The van der Waals surface area contributed by atoms with E-state index >= 15 is 0 Å². The molecule has 3 aliphatic rings. The van der Waals surface area contributed by atoms with Crippen molar-refractivity contribution in [2.24, 2.45) is 5.92 Å². The molecule has 1 aromatic carbocycles. The van der Waals surface area contributed by atoms with Crippen LogP contribution in [0, 0.1) is 12.8 Å². The van der Waals surface area contributed by atoms with Gasteiger partial charge in [0, 0.05) is 34.4 Å². The second kappa shape index (κ2) is 11.2. The zero-order chi connectivity index (χ0) is 27.0. The Hall–Kier alpha value is -2.11. The minimum Gasteiger partial charge on any atom is -0.377 e. The second-order valence-electron chi connectivity index (χ2n) is 11.3. The molecule has 38 heavy (non-hydrogen) atoms. The van der Waals surface area contributed by atoms with Gasteiger partial charge in [-0.15, -0.1) is 0 Å². The highest BCUT2D eigenvalue weighted by molar-refractivity contribution is 7.99. The highest BCUT2D eigenvalue weighted by Gasteiger charge is 2.38. The van der Waals surface area contributed by atoms with E-state index in [0.29, 0.717) is 38.5 Å². The van der Waals surface area contributed by atoms with Crippen LogP contribution >= 0.6 is 11.8 Å². The number of amides is 2. The van der Waals surface area contributed by atoms with Gasteiger partial charge in [-0.2, -0.15) is 11.8 Å². The molecule has 0 saturated carbocycles. The first kappa shape index (κ1) is 27.5. The van der Waals surface area contributed by atoms with Crippen LogP contribution in [-0.2, 0) is 19.0 Å². The quantitative estimate of drug-likeness (QED) is 0.470. The molecule has 3 N–H and O–H groups in total.